The summed E-state index contributed by atoms with van der Waals surface area (Å²) < 4.78 is 110. The maximum atomic E-state index is 15.8. The van der Waals surface area contributed by atoms with Gasteiger partial charge in [0.05, 0.1) is 0 Å². The first-order valence-electron chi connectivity index (χ1n) is 6.79. The molecule has 142 valence electrons. The third kappa shape index (κ3) is 3.04. The second kappa shape index (κ2) is 6.78. The lowest BCUT2D eigenvalue weighted by Gasteiger charge is -2.39. The summed E-state index contributed by atoms with van der Waals surface area (Å²) in [6.07, 6.45) is -6.67. The molecule has 26 heavy (non-hydrogen) atoms. The van der Waals surface area contributed by atoms with E-state index in [1.54, 1.807) is 0 Å². The fourth-order valence-electron chi connectivity index (χ4n) is 2.36. The molecule has 0 fully saturated rings. The van der Waals surface area contributed by atoms with Crippen molar-refractivity contribution in [1.29, 1.82) is 0 Å². The minimum atomic E-state index is -6.67. The van der Waals surface area contributed by atoms with Crippen molar-refractivity contribution in [2.75, 3.05) is 0 Å². The van der Waals surface area contributed by atoms with Crippen molar-refractivity contribution in [2.45, 2.75) is 23.7 Å². The maximum absolute atomic E-state index is 15.8. The van der Waals surface area contributed by atoms with Crippen molar-refractivity contribution in [2.24, 2.45) is 0 Å². The molecule has 0 radical (unpaired) electrons. The second-order valence-corrected chi connectivity index (χ2v) is 6.97. The standard InChI is InChI=1S/C16H8Br2F8/c17-11-7-3-1-5-9(11)13(19,10-6-2-4-8-12(10)18)14(20,21)15(22,23)16(24,25)26/h1-8H. The molecule has 2 rings (SSSR count). The number of hydrogen-bond donors (Lipinski definition) is 0. The predicted octanol–water partition coefficient (Wildman–Crippen LogP) is 7.26. The summed E-state index contributed by atoms with van der Waals surface area (Å²) in [5.41, 5.74) is -6.63. The monoisotopic (exact) mass is 510 g/mol. The van der Waals surface area contributed by atoms with E-state index in [1.165, 1.54) is 12.1 Å². The molecule has 0 heterocycles. The Morgan fingerprint density at radius 3 is 1.19 bits per heavy atom. The van der Waals surface area contributed by atoms with Crippen LogP contribution in [0.3, 0.4) is 0 Å². The molecule has 0 atom stereocenters. The van der Waals surface area contributed by atoms with Crippen LogP contribution in [0.1, 0.15) is 11.1 Å². The highest BCUT2D eigenvalue weighted by Crippen LogP contribution is 2.60. The van der Waals surface area contributed by atoms with Crippen LogP contribution in [-0.2, 0) is 5.67 Å². The Morgan fingerprint density at radius 1 is 0.538 bits per heavy atom. The Bertz CT molecular complexity index is 755. The van der Waals surface area contributed by atoms with Crippen LogP contribution in [0.25, 0.3) is 0 Å². The van der Waals surface area contributed by atoms with Crippen molar-refractivity contribution in [3.63, 3.8) is 0 Å². The van der Waals surface area contributed by atoms with Gasteiger partial charge in [0.15, 0.2) is 0 Å². The first kappa shape index (κ1) is 21.1. The first-order chi connectivity index (χ1) is 11.8. The summed E-state index contributed by atoms with van der Waals surface area (Å²) in [7, 11) is 0. The first-order valence-corrected chi connectivity index (χ1v) is 8.38. The summed E-state index contributed by atoms with van der Waals surface area (Å²) in [4.78, 5) is 0. The number of hydrogen-bond acceptors (Lipinski definition) is 0. The van der Waals surface area contributed by atoms with Crippen LogP contribution in [-0.4, -0.2) is 18.0 Å². The van der Waals surface area contributed by atoms with E-state index in [4.69, 9.17) is 0 Å². The highest BCUT2D eigenvalue weighted by Gasteiger charge is 2.81. The molecular weight excluding hydrogens is 504 g/mol. The van der Waals surface area contributed by atoms with E-state index < -0.39 is 43.8 Å². The lowest BCUT2D eigenvalue weighted by atomic mass is 9.79. The molecule has 0 aliphatic heterocycles. The predicted molar refractivity (Wildman–Crippen MR) is 86.1 cm³/mol. The third-order valence-electron chi connectivity index (χ3n) is 3.67. The Kier molecular flexibility index (Phi) is 5.51. The van der Waals surface area contributed by atoms with Crippen LogP contribution in [0.2, 0.25) is 0 Å². The molecular formula is C16H8Br2F8. The van der Waals surface area contributed by atoms with E-state index in [-0.39, 0.29) is 0 Å². The van der Waals surface area contributed by atoms with Gasteiger partial charge in [-0.1, -0.05) is 68.3 Å². The van der Waals surface area contributed by atoms with Gasteiger partial charge in [-0.15, -0.1) is 0 Å². The number of alkyl halides is 8. The van der Waals surface area contributed by atoms with Crippen molar-refractivity contribution in [3.8, 4) is 0 Å². The largest absolute Gasteiger partial charge is 0.460 e. The molecule has 0 amide bonds. The Labute approximate surface area is 159 Å². The average Bonchev–Trinajstić information content (AvgIpc) is 2.53. The SMILES string of the molecule is FC(F)(F)C(F)(F)C(F)(F)C(F)(c1ccccc1Br)c1ccccc1Br. The highest BCUT2D eigenvalue weighted by atomic mass is 79.9. The van der Waals surface area contributed by atoms with E-state index in [0.717, 1.165) is 24.3 Å². The Balaban J connectivity index is 2.91. The fourth-order valence-corrected chi connectivity index (χ4v) is 3.47. The average molecular weight is 512 g/mol. The van der Waals surface area contributed by atoms with Crippen LogP contribution in [0, 0.1) is 0 Å². The van der Waals surface area contributed by atoms with Crippen LogP contribution in [0.15, 0.2) is 57.5 Å². The topological polar surface area (TPSA) is 0 Å². The van der Waals surface area contributed by atoms with Gasteiger partial charge in [0.1, 0.15) is 0 Å². The zero-order valence-electron chi connectivity index (χ0n) is 12.4. The molecule has 10 heteroatoms. The van der Waals surface area contributed by atoms with Gasteiger partial charge >= 0.3 is 18.0 Å². The van der Waals surface area contributed by atoms with Crippen LogP contribution in [0.5, 0.6) is 0 Å². The second-order valence-electron chi connectivity index (χ2n) is 5.26. The van der Waals surface area contributed by atoms with E-state index in [9.17, 15) is 30.7 Å². The summed E-state index contributed by atoms with van der Waals surface area (Å²) in [6, 6.07) is 8.18. The molecule has 2 aromatic carbocycles. The van der Waals surface area contributed by atoms with E-state index in [0.29, 0.717) is 12.1 Å². The molecule has 0 aliphatic carbocycles. The van der Waals surface area contributed by atoms with Crippen molar-refractivity contribution < 1.29 is 35.1 Å². The van der Waals surface area contributed by atoms with Gasteiger partial charge in [0, 0.05) is 20.1 Å². The maximum Gasteiger partial charge on any atom is 0.460 e. The summed E-state index contributed by atoms with van der Waals surface area (Å²) in [6.45, 7) is 0. The fraction of sp³-hybridized carbons (Fsp3) is 0.250. The third-order valence-corrected chi connectivity index (χ3v) is 5.06. The van der Waals surface area contributed by atoms with Gasteiger partial charge in [0.25, 0.3) is 0 Å². The van der Waals surface area contributed by atoms with Gasteiger partial charge in [0.2, 0.25) is 5.67 Å². The molecule has 0 saturated carbocycles. The van der Waals surface area contributed by atoms with E-state index in [1.807, 2.05) is 0 Å². The lowest BCUT2D eigenvalue weighted by molar-refractivity contribution is -0.377. The summed E-state index contributed by atoms with van der Waals surface area (Å²) >= 11 is 5.50. The smallest absolute Gasteiger partial charge is 0.226 e. The molecule has 0 unspecified atom stereocenters. The summed E-state index contributed by atoms with van der Waals surface area (Å²) in [5, 5.41) is 0. The van der Waals surface area contributed by atoms with Crippen molar-refractivity contribution in [1.82, 2.24) is 0 Å². The Morgan fingerprint density at radius 2 is 0.885 bits per heavy atom. The van der Waals surface area contributed by atoms with Crippen LogP contribution in [0.4, 0.5) is 35.1 Å². The Hall–Kier alpha value is -1.16. The number of halogens is 10. The molecule has 0 aliphatic rings. The number of benzene rings is 2. The number of rotatable bonds is 4. The van der Waals surface area contributed by atoms with Crippen molar-refractivity contribution in [3.05, 3.63) is 68.6 Å². The van der Waals surface area contributed by atoms with E-state index in [2.05, 4.69) is 31.9 Å². The lowest BCUT2D eigenvalue weighted by Crippen LogP contribution is -2.61. The molecule has 0 spiro atoms. The van der Waals surface area contributed by atoms with Gasteiger partial charge < -0.3 is 0 Å². The van der Waals surface area contributed by atoms with E-state index >= 15 is 4.39 Å². The quantitative estimate of drug-likeness (QED) is 0.379. The normalized spacial score (nSPS) is 13.8. The van der Waals surface area contributed by atoms with Crippen molar-refractivity contribution >= 4 is 31.9 Å². The molecule has 0 bridgehead atoms. The van der Waals surface area contributed by atoms with Gasteiger partial charge in [-0.25, -0.2) is 4.39 Å². The van der Waals surface area contributed by atoms with Gasteiger partial charge in [-0.3, -0.25) is 0 Å². The highest BCUT2D eigenvalue weighted by molar-refractivity contribution is 9.10. The van der Waals surface area contributed by atoms with Gasteiger partial charge in [-0.2, -0.15) is 30.7 Å². The molecule has 2 aromatic rings. The minimum absolute atomic E-state index is 0.393. The summed E-state index contributed by atoms with van der Waals surface area (Å²) in [5.74, 6) is -12.8. The van der Waals surface area contributed by atoms with Crippen LogP contribution < -0.4 is 0 Å². The molecule has 0 nitrogen and oxygen atoms in total. The minimum Gasteiger partial charge on any atom is -0.226 e. The van der Waals surface area contributed by atoms with Crippen LogP contribution >= 0.6 is 31.9 Å². The molecule has 0 saturated heterocycles. The zero-order chi connectivity index (χ0) is 20.0. The van der Waals surface area contributed by atoms with Gasteiger partial charge in [-0.05, 0) is 12.1 Å². The molecule has 0 N–H and O–H groups in total. The molecule has 0 aromatic heterocycles. The zero-order valence-corrected chi connectivity index (χ0v) is 15.6.